The third kappa shape index (κ3) is 6.11. The fraction of sp³-hybridized carbons (Fsp3) is 0.190. The van der Waals surface area contributed by atoms with Gasteiger partial charge in [0.1, 0.15) is 5.82 Å². The lowest BCUT2D eigenvalue weighted by Gasteiger charge is -2.07. The molecule has 1 aromatic heterocycles. The number of ether oxygens (including phenoxy) is 1. The molecule has 2 N–H and O–H groups in total. The molecule has 2 aromatic carbocycles. The van der Waals surface area contributed by atoms with Gasteiger partial charge in [-0.1, -0.05) is 18.2 Å². The number of nitrogens with zero attached hydrogens (tertiary/aromatic N) is 1. The first-order valence-electron chi connectivity index (χ1n) is 9.07. The van der Waals surface area contributed by atoms with E-state index in [0.717, 1.165) is 11.3 Å². The molecular formula is C21H20FN3O3S. The van der Waals surface area contributed by atoms with Crippen molar-refractivity contribution in [3.63, 3.8) is 0 Å². The van der Waals surface area contributed by atoms with Gasteiger partial charge in [0.15, 0.2) is 5.13 Å². The number of hydrogen-bond acceptors (Lipinski definition) is 6. The number of esters is 1. The zero-order chi connectivity index (χ0) is 20.6. The van der Waals surface area contributed by atoms with Gasteiger partial charge in [-0.05, 0) is 37.3 Å². The average molecular weight is 413 g/mol. The zero-order valence-electron chi connectivity index (χ0n) is 15.8. The van der Waals surface area contributed by atoms with Crippen molar-refractivity contribution in [2.24, 2.45) is 0 Å². The highest BCUT2D eigenvalue weighted by Gasteiger charge is 2.10. The quantitative estimate of drug-likeness (QED) is 0.510. The number of amides is 1. The zero-order valence-corrected chi connectivity index (χ0v) is 16.6. The van der Waals surface area contributed by atoms with E-state index in [9.17, 15) is 14.0 Å². The molecule has 29 heavy (non-hydrogen) atoms. The summed E-state index contributed by atoms with van der Waals surface area (Å²) in [4.78, 5) is 27.9. The second-order valence-electron chi connectivity index (χ2n) is 6.11. The summed E-state index contributed by atoms with van der Waals surface area (Å²) >= 11 is 1.40. The highest BCUT2D eigenvalue weighted by atomic mass is 32.1. The van der Waals surface area contributed by atoms with Crippen LogP contribution in [0.25, 0.3) is 11.3 Å². The van der Waals surface area contributed by atoms with E-state index in [1.807, 2.05) is 23.6 Å². The standard InChI is InChI=1S/C21H20FN3O3S/c1-2-28-20(27)10-9-19(26)23-16-7-3-5-14(11-16)18-13-29-21(25-18)24-17-8-4-6-15(22)12-17/h3-8,11-13H,2,9-10H2,1H3,(H,23,26)(H,24,25). The minimum Gasteiger partial charge on any atom is -0.466 e. The molecule has 8 heteroatoms. The minimum absolute atomic E-state index is 0.0422. The second kappa shape index (κ2) is 9.79. The number of halogens is 1. The van der Waals surface area contributed by atoms with E-state index in [1.165, 1.54) is 23.5 Å². The van der Waals surface area contributed by atoms with Crippen LogP contribution in [-0.2, 0) is 14.3 Å². The van der Waals surface area contributed by atoms with Gasteiger partial charge in [0.05, 0.1) is 18.7 Å². The fourth-order valence-electron chi connectivity index (χ4n) is 2.58. The number of nitrogens with one attached hydrogen (secondary N) is 2. The Morgan fingerprint density at radius 2 is 1.90 bits per heavy atom. The van der Waals surface area contributed by atoms with Crippen LogP contribution in [0, 0.1) is 5.82 Å². The number of aromatic nitrogens is 1. The van der Waals surface area contributed by atoms with Crippen molar-refractivity contribution in [3.05, 3.63) is 59.7 Å². The van der Waals surface area contributed by atoms with Crippen LogP contribution >= 0.6 is 11.3 Å². The molecule has 0 bridgehead atoms. The van der Waals surface area contributed by atoms with Crippen LogP contribution in [0.4, 0.5) is 20.9 Å². The number of hydrogen-bond donors (Lipinski definition) is 2. The van der Waals surface area contributed by atoms with Gasteiger partial charge in [-0.15, -0.1) is 11.3 Å². The second-order valence-corrected chi connectivity index (χ2v) is 6.97. The molecule has 0 atom stereocenters. The Morgan fingerprint density at radius 1 is 1.10 bits per heavy atom. The minimum atomic E-state index is -0.391. The number of carbonyl (C=O) groups excluding carboxylic acids is 2. The Kier molecular flexibility index (Phi) is 6.91. The van der Waals surface area contributed by atoms with Gasteiger partial charge >= 0.3 is 5.97 Å². The molecule has 0 aliphatic rings. The van der Waals surface area contributed by atoms with Crippen LogP contribution < -0.4 is 10.6 Å². The Bertz CT molecular complexity index is 1010. The predicted molar refractivity (Wildman–Crippen MR) is 112 cm³/mol. The lowest BCUT2D eigenvalue weighted by molar-refractivity contribution is -0.144. The SMILES string of the molecule is CCOC(=O)CCC(=O)Nc1cccc(-c2csc(Nc3cccc(F)c3)n2)c1. The van der Waals surface area contributed by atoms with Gasteiger partial charge < -0.3 is 15.4 Å². The van der Waals surface area contributed by atoms with Crippen molar-refractivity contribution in [2.45, 2.75) is 19.8 Å². The van der Waals surface area contributed by atoms with E-state index in [0.29, 0.717) is 23.1 Å². The summed E-state index contributed by atoms with van der Waals surface area (Å²) in [5.74, 6) is -0.975. The smallest absolute Gasteiger partial charge is 0.306 e. The van der Waals surface area contributed by atoms with E-state index in [4.69, 9.17) is 4.74 Å². The largest absolute Gasteiger partial charge is 0.466 e. The molecule has 3 aromatic rings. The first kappa shape index (κ1) is 20.5. The number of benzene rings is 2. The van der Waals surface area contributed by atoms with Gasteiger partial charge in [-0.3, -0.25) is 9.59 Å². The molecule has 6 nitrogen and oxygen atoms in total. The van der Waals surface area contributed by atoms with E-state index in [-0.39, 0.29) is 24.6 Å². The molecule has 0 saturated carbocycles. The van der Waals surface area contributed by atoms with E-state index >= 15 is 0 Å². The Balaban J connectivity index is 1.63. The Hall–Kier alpha value is -3.26. The summed E-state index contributed by atoms with van der Waals surface area (Å²) in [7, 11) is 0. The van der Waals surface area contributed by atoms with Crippen LogP contribution in [0.15, 0.2) is 53.9 Å². The maximum atomic E-state index is 13.3. The predicted octanol–water partition coefficient (Wildman–Crippen LogP) is 4.97. The molecule has 0 radical (unpaired) electrons. The Labute approximate surface area is 171 Å². The van der Waals surface area contributed by atoms with E-state index < -0.39 is 5.97 Å². The maximum Gasteiger partial charge on any atom is 0.306 e. The van der Waals surface area contributed by atoms with Crippen LogP contribution in [0.1, 0.15) is 19.8 Å². The molecule has 0 aliphatic carbocycles. The average Bonchev–Trinajstić information content (AvgIpc) is 3.15. The topological polar surface area (TPSA) is 80.3 Å². The molecule has 0 fully saturated rings. The van der Waals surface area contributed by atoms with Gasteiger partial charge in [-0.25, -0.2) is 9.37 Å². The first-order valence-corrected chi connectivity index (χ1v) is 9.95. The van der Waals surface area contributed by atoms with Crippen molar-refractivity contribution >= 4 is 39.7 Å². The van der Waals surface area contributed by atoms with Gasteiger partial charge in [0.25, 0.3) is 0 Å². The van der Waals surface area contributed by atoms with Crippen molar-refractivity contribution in [2.75, 3.05) is 17.2 Å². The summed E-state index contributed by atoms with van der Waals surface area (Å²) in [5, 5.41) is 8.36. The van der Waals surface area contributed by atoms with Crippen LogP contribution in [-0.4, -0.2) is 23.5 Å². The summed E-state index contributed by atoms with van der Waals surface area (Å²) in [6, 6.07) is 13.4. The van der Waals surface area contributed by atoms with E-state index in [1.54, 1.807) is 25.1 Å². The highest BCUT2D eigenvalue weighted by molar-refractivity contribution is 7.14. The maximum absolute atomic E-state index is 13.3. The van der Waals surface area contributed by atoms with Gasteiger partial charge in [0, 0.05) is 28.7 Å². The van der Waals surface area contributed by atoms with E-state index in [2.05, 4.69) is 15.6 Å². The van der Waals surface area contributed by atoms with Gasteiger partial charge in [0.2, 0.25) is 5.91 Å². The fourth-order valence-corrected chi connectivity index (χ4v) is 3.32. The van der Waals surface area contributed by atoms with Crippen molar-refractivity contribution < 1.29 is 18.7 Å². The summed E-state index contributed by atoms with van der Waals surface area (Å²) < 4.78 is 18.1. The molecule has 3 rings (SSSR count). The first-order chi connectivity index (χ1) is 14.0. The van der Waals surface area contributed by atoms with Crippen molar-refractivity contribution in [1.82, 2.24) is 4.98 Å². The number of carbonyl (C=O) groups is 2. The monoisotopic (exact) mass is 413 g/mol. The van der Waals surface area contributed by atoms with Crippen LogP contribution in [0.3, 0.4) is 0 Å². The molecule has 150 valence electrons. The molecular weight excluding hydrogens is 393 g/mol. The normalized spacial score (nSPS) is 10.4. The van der Waals surface area contributed by atoms with Crippen LogP contribution in [0.5, 0.6) is 0 Å². The number of anilines is 3. The summed E-state index contributed by atoms with van der Waals surface area (Å²) in [6.45, 7) is 2.02. The highest BCUT2D eigenvalue weighted by Crippen LogP contribution is 2.28. The number of thiazole rings is 1. The molecule has 0 aliphatic heterocycles. The summed E-state index contributed by atoms with van der Waals surface area (Å²) in [6.07, 6.45) is 0.0992. The third-order valence-corrected chi connectivity index (χ3v) is 4.64. The molecule has 0 spiro atoms. The Morgan fingerprint density at radius 3 is 2.69 bits per heavy atom. The molecule has 0 saturated heterocycles. The third-order valence-electron chi connectivity index (χ3n) is 3.88. The lowest BCUT2D eigenvalue weighted by atomic mass is 10.1. The van der Waals surface area contributed by atoms with Crippen molar-refractivity contribution in [3.8, 4) is 11.3 Å². The number of rotatable bonds is 8. The lowest BCUT2D eigenvalue weighted by Crippen LogP contribution is -2.14. The molecule has 0 unspecified atom stereocenters. The van der Waals surface area contributed by atoms with Crippen molar-refractivity contribution in [1.29, 1.82) is 0 Å². The molecule has 1 heterocycles. The summed E-state index contributed by atoms with van der Waals surface area (Å²) in [5.41, 5.74) is 2.80. The molecule has 1 amide bonds. The van der Waals surface area contributed by atoms with Gasteiger partial charge in [-0.2, -0.15) is 0 Å². The van der Waals surface area contributed by atoms with Crippen LogP contribution in [0.2, 0.25) is 0 Å².